The van der Waals surface area contributed by atoms with Crippen molar-refractivity contribution in [1.82, 2.24) is 10.6 Å². The highest BCUT2D eigenvalue weighted by atomic mass is 16.5. The summed E-state index contributed by atoms with van der Waals surface area (Å²) < 4.78 is 6.00. The van der Waals surface area contributed by atoms with Crippen molar-refractivity contribution in [3.63, 3.8) is 0 Å². The van der Waals surface area contributed by atoms with Crippen LogP contribution in [0.5, 0.6) is 0 Å². The predicted molar refractivity (Wildman–Crippen MR) is 231 cm³/mol. The van der Waals surface area contributed by atoms with Crippen LogP contribution in [0, 0.1) is 0 Å². The maximum atomic E-state index is 12.8. The molecule has 56 heavy (non-hydrogen) atoms. The first-order valence-electron chi connectivity index (χ1n) is 22.2. The number of ether oxygens (including phenoxy) is 1. The number of aliphatic hydroxyl groups is 1. The van der Waals surface area contributed by atoms with Gasteiger partial charge in [-0.3, -0.25) is 14.4 Å². The van der Waals surface area contributed by atoms with Gasteiger partial charge in [0, 0.05) is 12.8 Å². The molecule has 0 aliphatic carbocycles. The summed E-state index contributed by atoms with van der Waals surface area (Å²) in [5.74, 6) is -2.35. The van der Waals surface area contributed by atoms with Crippen molar-refractivity contribution in [3.05, 3.63) is 60.8 Å². The van der Waals surface area contributed by atoms with Crippen LogP contribution in [0.3, 0.4) is 0 Å². The predicted octanol–water partition coefficient (Wildman–Crippen LogP) is 10.9. The molecule has 0 aliphatic rings. The molecule has 9 nitrogen and oxygen atoms in total. The molecule has 0 aromatic heterocycles. The number of unbranched alkanes of at least 4 members (excludes halogenated alkanes) is 15. The minimum Gasteiger partial charge on any atom is -0.480 e. The average Bonchev–Trinajstić information content (AvgIpc) is 3.18. The van der Waals surface area contributed by atoms with Gasteiger partial charge in [-0.05, 0) is 96.3 Å². The molecule has 0 spiro atoms. The normalized spacial score (nSPS) is 13.1. The lowest BCUT2D eigenvalue weighted by Crippen LogP contribution is -2.47. The molecule has 0 heterocycles. The Morgan fingerprint density at radius 2 is 1.04 bits per heavy atom. The number of hydrogen-bond donors (Lipinski definition) is 4. The quantitative estimate of drug-likeness (QED) is 0.0276. The molecule has 2 atom stereocenters. The van der Waals surface area contributed by atoms with Crippen LogP contribution in [0.4, 0.5) is 0 Å². The van der Waals surface area contributed by atoms with E-state index in [1.54, 1.807) is 0 Å². The second-order valence-electron chi connectivity index (χ2n) is 14.7. The van der Waals surface area contributed by atoms with Crippen molar-refractivity contribution in [2.24, 2.45) is 0 Å². The minimum atomic E-state index is -1.39. The SMILES string of the molecule is CC/C=C\C/C=C\C/C=C\CCCCCCCC(=O)OC(CCC/C=C\C/C=C\CCCCCCC)CCCCCCCC(=O)NCC(=O)NC(CO)C(=O)O. The average molecular weight is 785 g/mol. The Morgan fingerprint density at radius 1 is 0.554 bits per heavy atom. The van der Waals surface area contributed by atoms with Gasteiger partial charge in [0.2, 0.25) is 11.8 Å². The lowest BCUT2D eigenvalue weighted by molar-refractivity contribution is -0.150. The lowest BCUT2D eigenvalue weighted by atomic mass is 10.0. The third-order valence-electron chi connectivity index (χ3n) is 9.50. The third-order valence-corrected chi connectivity index (χ3v) is 9.50. The summed E-state index contributed by atoms with van der Waals surface area (Å²) in [6.45, 7) is 3.35. The largest absolute Gasteiger partial charge is 0.480 e. The maximum Gasteiger partial charge on any atom is 0.328 e. The van der Waals surface area contributed by atoms with E-state index in [1.807, 2.05) is 0 Å². The van der Waals surface area contributed by atoms with Crippen LogP contribution >= 0.6 is 0 Å². The highest BCUT2D eigenvalue weighted by molar-refractivity contribution is 5.87. The summed E-state index contributed by atoms with van der Waals surface area (Å²) >= 11 is 0. The van der Waals surface area contributed by atoms with E-state index in [0.29, 0.717) is 12.8 Å². The van der Waals surface area contributed by atoms with Crippen LogP contribution in [0.1, 0.15) is 187 Å². The number of esters is 1. The molecule has 0 fully saturated rings. The van der Waals surface area contributed by atoms with Crippen molar-refractivity contribution in [1.29, 1.82) is 0 Å². The first kappa shape index (κ1) is 52.5. The fourth-order valence-electron chi connectivity index (χ4n) is 6.12. The summed E-state index contributed by atoms with van der Waals surface area (Å²) in [4.78, 5) is 47.6. The number of carboxylic acids is 1. The van der Waals surface area contributed by atoms with Gasteiger partial charge in [0.25, 0.3) is 0 Å². The van der Waals surface area contributed by atoms with E-state index < -0.39 is 24.5 Å². The number of allylic oxidation sites excluding steroid dienone is 10. The fraction of sp³-hybridized carbons (Fsp3) is 0.702. The van der Waals surface area contributed by atoms with Crippen molar-refractivity contribution < 1.29 is 34.1 Å². The molecule has 0 aliphatic heterocycles. The van der Waals surface area contributed by atoms with E-state index in [9.17, 15) is 19.2 Å². The van der Waals surface area contributed by atoms with Gasteiger partial charge in [-0.2, -0.15) is 0 Å². The summed E-state index contributed by atoms with van der Waals surface area (Å²) in [7, 11) is 0. The minimum absolute atomic E-state index is 0.0681. The summed E-state index contributed by atoms with van der Waals surface area (Å²) in [5.41, 5.74) is 0. The Balaban J connectivity index is 4.43. The van der Waals surface area contributed by atoms with Gasteiger partial charge in [0.1, 0.15) is 12.1 Å². The molecule has 0 aromatic rings. The standard InChI is InChI=1S/C47H80N2O7/c1-3-5-7-9-11-13-15-17-18-20-22-24-26-31-35-39-46(53)56-42(36-32-28-25-23-21-19-16-14-12-10-8-6-4-2)37-33-29-27-30-34-38-44(51)48-40-45(52)49-43(41-50)47(54)55/h5,7,11,13,16-19,23,25,42-43,50H,3-4,6,8-10,12,14-15,20-22,24,26-41H2,1-2H3,(H,48,51)(H,49,52)(H,54,55)/b7-5-,13-11-,18-17-,19-16-,25-23-. The van der Waals surface area contributed by atoms with Gasteiger partial charge in [-0.1, -0.05) is 139 Å². The molecule has 320 valence electrons. The van der Waals surface area contributed by atoms with Crippen LogP contribution < -0.4 is 10.6 Å². The Kier molecular flexibility index (Phi) is 38.6. The molecule has 0 aromatic carbocycles. The number of nitrogens with one attached hydrogen (secondary N) is 2. The van der Waals surface area contributed by atoms with Crippen LogP contribution in [-0.2, 0) is 23.9 Å². The third kappa shape index (κ3) is 37.5. The summed E-state index contributed by atoms with van der Waals surface area (Å²) in [5, 5.41) is 22.6. The number of carbonyl (C=O) groups excluding carboxylic acids is 3. The number of amides is 2. The van der Waals surface area contributed by atoms with Gasteiger partial charge >= 0.3 is 11.9 Å². The number of carbonyl (C=O) groups is 4. The van der Waals surface area contributed by atoms with Crippen molar-refractivity contribution in [2.75, 3.05) is 13.2 Å². The number of hydrogen-bond acceptors (Lipinski definition) is 6. The number of aliphatic hydroxyl groups excluding tert-OH is 1. The molecule has 4 N–H and O–H groups in total. The number of carboxylic acid groups (broad SMARTS) is 1. The molecule has 2 amide bonds. The molecule has 9 heteroatoms. The highest BCUT2D eigenvalue weighted by Crippen LogP contribution is 2.17. The van der Waals surface area contributed by atoms with E-state index in [2.05, 4.69) is 85.2 Å². The smallest absolute Gasteiger partial charge is 0.328 e. The molecule has 2 unspecified atom stereocenters. The summed E-state index contributed by atoms with van der Waals surface area (Å²) in [6, 6.07) is -1.39. The van der Waals surface area contributed by atoms with E-state index >= 15 is 0 Å². The van der Waals surface area contributed by atoms with E-state index in [-0.39, 0.29) is 30.9 Å². The zero-order valence-corrected chi connectivity index (χ0v) is 35.4. The number of rotatable bonds is 39. The monoisotopic (exact) mass is 785 g/mol. The molecule has 0 saturated carbocycles. The van der Waals surface area contributed by atoms with Crippen molar-refractivity contribution >= 4 is 23.8 Å². The zero-order valence-electron chi connectivity index (χ0n) is 35.4. The van der Waals surface area contributed by atoms with Gasteiger partial charge in [0.15, 0.2) is 0 Å². The van der Waals surface area contributed by atoms with Crippen LogP contribution in [-0.4, -0.2) is 59.3 Å². The lowest BCUT2D eigenvalue weighted by Gasteiger charge is -2.18. The molecule has 0 radical (unpaired) electrons. The molecule has 0 bridgehead atoms. The van der Waals surface area contributed by atoms with Crippen LogP contribution in [0.2, 0.25) is 0 Å². The van der Waals surface area contributed by atoms with E-state index in [0.717, 1.165) is 103 Å². The van der Waals surface area contributed by atoms with Crippen LogP contribution in [0.15, 0.2) is 60.8 Å². The second kappa shape index (κ2) is 41.2. The fourth-order valence-corrected chi connectivity index (χ4v) is 6.12. The molecular weight excluding hydrogens is 705 g/mol. The Labute approximate surface area is 341 Å². The van der Waals surface area contributed by atoms with E-state index in [1.165, 1.54) is 51.4 Å². The van der Waals surface area contributed by atoms with Crippen molar-refractivity contribution in [2.45, 2.75) is 199 Å². The highest BCUT2D eigenvalue weighted by Gasteiger charge is 2.19. The van der Waals surface area contributed by atoms with Crippen molar-refractivity contribution in [3.8, 4) is 0 Å². The Bertz CT molecular complexity index is 1130. The molecule has 0 rings (SSSR count). The van der Waals surface area contributed by atoms with E-state index in [4.69, 9.17) is 14.9 Å². The Morgan fingerprint density at radius 3 is 1.61 bits per heavy atom. The van der Waals surface area contributed by atoms with Crippen LogP contribution in [0.25, 0.3) is 0 Å². The second-order valence-corrected chi connectivity index (χ2v) is 14.7. The van der Waals surface area contributed by atoms with Gasteiger partial charge in [-0.25, -0.2) is 4.79 Å². The summed E-state index contributed by atoms with van der Waals surface area (Å²) in [6.07, 6.45) is 49.6. The zero-order chi connectivity index (χ0) is 41.2. The maximum absolute atomic E-state index is 12.8. The van der Waals surface area contributed by atoms with Gasteiger partial charge < -0.3 is 25.6 Å². The van der Waals surface area contributed by atoms with Gasteiger partial charge in [0.05, 0.1) is 13.2 Å². The topological polar surface area (TPSA) is 142 Å². The molecule has 0 saturated heterocycles. The molecular formula is C47H80N2O7. The first-order valence-corrected chi connectivity index (χ1v) is 22.2. The first-order chi connectivity index (χ1) is 27.3. The van der Waals surface area contributed by atoms with Gasteiger partial charge in [-0.15, -0.1) is 0 Å². The Hall–Kier alpha value is -3.46. The number of aliphatic carboxylic acids is 1.